The lowest BCUT2D eigenvalue weighted by Crippen LogP contribution is -1.96. The highest BCUT2D eigenvalue weighted by Crippen LogP contribution is 2.08. The van der Waals surface area contributed by atoms with Gasteiger partial charge in [-0.3, -0.25) is 0 Å². The molecule has 0 aromatic carbocycles. The second-order valence-corrected chi connectivity index (χ2v) is 6.21. The summed E-state index contributed by atoms with van der Waals surface area (Å²) in [5.74, 6) is 0. The average molecular weight is 306 g/mol. The van der Waals surface area contributed by atoms with Gasteiger partial charge in [0.25, 0.3) is 0 Å². The predicted octanol–water partition coefficient (Wildman–Crippen LogP) is 5.36. The molecule has 0 radical (unpaired) electrons. The summed E-state index contributed by atoms with van der Waals surface area (Å²) in [7, 11) is 0. The lowest BCUT2D eigenvalue weighted by Gasteiger charge is -2.04. The zero-order valence-corrected chi connectivity index (χ0v) is 15.1. The third-order valence-corrected chi connectivity index (χ3v) is 3.44. The van der Waals surface area contributed by atoms with Gasteiger partial charge in [0.05, 0.1) is 19.8 Å². The van der Waals surface area contributed by atoms with Gasteiger partial charge >= 0.3 is 0 Å². The summed E-state index contributed by atoms with van der Waals surface area (Å²) in [5, 5.41) is 8.79. The van der Waals surface area contributed by atoms with Gasteiger partial charge in [-0.15, -0.1) is 0 Å². The van der Waals surface area contributed by atoms with E-state index >= 15 is 0 Å². The van der Waals surface area contributed by atoms with Gasteiger partial charge in [-0.25, -0.2) is 0 Å². The molecule has 2 heteroatoms. The van der Waals surface area contributed by atoms with Gasteiger partial charge in [0.15, 0.2) is 0 Å². The Hall–Kier alpha value is -1.12. The molecule has 0 saturated heterocycles. The Kier molecular flexibility index (Phi) is 12.8. The van der Waals surface area contributed by atoms with Crippen LogP contribution in [0.3, 0.4) is 0 Å². The first-order valence-corrected chi connectivity index (χ1v) is 8.24. The molecule has 0 saturated carbocycles. The largest absolute Gasteiger partial charge is 0.392 e. The van der Waals surface area contributed by atoms with Crippen molar-refractivity contribution in [2.24, 2.45) is 0 Å². The summed E-state index contributed by atoms with van der Waals surface area (Å²) in [6.07, 6.45) is 12.8. The van der Waals surface area contributed by atoms with E-state index in [0.29, 0.717) is 13.2 Å². The minimum absolute atomic E-state index is 0.136. The molecule has 22 heavy (non-hydrogen) atoms. The van der Waals surface area contributed by atoms with Crippen molar-refractivity contribution in [1.82, 2.24) is 0 Å². The van der Waals surface area contributed by atoms with Crippen LogP contribution in [0, 0.1) is 0 Å². The van der Waals surface area contributed by atoms with Crippen LogP contribution in [-0.2, 0) is 4.74 Å². The first-order chi connectivity index (χ1) is 10.5. The van der Waals surface area contributed by atoms with Gasteiger partial charge in [-0.1, -0.05) is 46.6 Å². The number of rotatable bonds is 11. The van der Waals surface area contributed by atoms with E-state index in [4.69, 9.17) is 9.84 Å². The van der Waals surface area contributed by atoms with Crippen molar-refractivity contribution in [2.45, 2.75) is 60.3 Å². The molecule has 0 aliphatic rings. The molecule has 0 heterocycles. The van der Waals surface area contributed by atoms with E-state index in [1.807, 2.05) is 6.08 Å². The van der Waals surface area contributed by atoms with Gasteiger partial charge in [0.1, 0.15) is 0 Å². The Morgan fingerprint density at radius 3 is 1.95 bits per heavy atom. The summed E-state index contributed by atoms with van der Waals surface area (Å²) < 4.78 is 5.68. The van der Waals surface area contributed by atoms with E-state index in [0.717, 1.165) is 25.7 Å². The fraction of sp³-hybridized carbons (Fsp3) is 0.600. The molecule has 0 aromatic rings. The Labute approximate surface area is 137 Å². The average Bonchev–Trinajstić information content (AvgIpc) is 2.43. The van der Waals surface area contributed by atoms with E-state index in [1.54, 1.807) is 0 Å². The number of allylic oxidation sites excluding steroid dienone is 5. The Morgan fingerprint density at radius 2 is 1.36 bits per heavy atom. The molecule has 0 aromatic heterocycles. The van der Waals surface area contributed by atoms with Crippen molar-refractivity contribution in [3.05, 3.63) is 46.6 Å². The molecule has 126 valence electrons. The fourth-order valence-corrected chi connectivity index (χ4v) is 1.97. The third-order valence-electron chi connectivity index (χ3n) is 3.44. The van der Waals surface area contributed by atoms with Crippen LogP contribution in [0.1, 0.15) is 60.3 Å². The van der Waals surface area contributed by atoms with Gasteiger partial charge in [0, 0.05) is 0 Å². The molecule has 0 spiro atoms. The summed E-state index contributed by atoms with van der Waals surface area (Å²) in [6, 6.07) is 0. The van der Waals surface area contributed by atoms with Gasteiger partial charge < -0.3 is 9.84 Å². The second-order valence-electron chi connectivity index (χ2n) is 6.21. The van der Waals surface area contributed by atoms with Gasteiger partial charge in [0.2, 0.25) is 0 Å². The molecule has 0 atom stereocenters. The summed E-state index contributed by atoms with van der Waals surface area (Å²) in [5.41, 5.74) is 5.28. The van der Waals surface area contributed by atoms with Crippen molar-refractivity contribution in [3.8, 4) is 0 Å². The van der Waals surface area contributed by atoms with E-state index in [2.05, 4.69) is 52.8 Å². The van der Waals surface area contributed by atoms with Crippen LogP contribution in [0.25, 0.3) is 0 Å². The molecule has 0 fully saturated rings. The number of hydrogen-bond donors (Lipinski definition) is 1. The fourth-order valence-electron chi connectivity index (χ4n) is 1.97. The first-order valence-electron chi connectivity index (χ1n) is 8.24. The third kappa shape index (κ3) is 13.8. The van der Waals surface area contributed by atoms with E-state index in [-0.39, 0.29) is 6.61 Å². The summed E-state index contributed by atoms with van der Waals surface area (Å²) in [6.45, 7) is 12.1. The molecular formula is C20H34O2. The van der Waals surface area contributed by atoms with E-state index in [9.17, 15) is 0 Å². The molecular weight excluding hydrogens is 272 g/mol. The predicted molar refractivity (Wildman–Crippen MR) is 97.1 cm³/mol. The van der Waals surface area contributed by atoms with E-state index in [1.165, 1.54) is 22.3 Å². The molecule has 0 aliphatic heterocycles. The highest BCUT2D eigenvalue weighted by Gasteiger charge is 1.93. The lowest BCUT2D eigenvalue weighted by molar-refractivity contribution is 0.186. The molecule has 2 nitrogen and oxygen atoms in total. The van der Waals surface area contributed by atoms with Crippen molar-refractivity contribution >= 4 is 0 Å². The van der Waals surface area contributed by atoms with Crippen molar-refractivity contribution in [1.29, 1.82) is 0 Å². The topological polar surface area (TPSA) is 29.5 Å². The van der Waals surface area contributed by atoms with Crippen LogP contribution in [-0.4, -0.2) is 24.9 Å². The van der Waals surface area contributed by atoms with Crippen LogP contribution < -0.4 is 0 Å². The maximum atomic E-state index is 8.79. The van der Waals surface area contributed by atoms with E-state index < -0.39 is 0 Å². The molecule has 1 N–H and O–H groups in total. The molecule has 0 unspecified atom stereocenters. The zero-order valence-electron chi connectivity index (χ0n) is 15.1. The summed E-state index contributed by atoms with van der Waals surface area (Å²) >= 11 is 0. The second kappa shape index (κ2) is 13.5. The standard InChI is InChI=1S/C20H34O2/c1-17(2)8-6-9-19(4)13-15-22-16-20(5)11-7-10-18(3)12-14-21/h8,11-13,21H,6-7,9-10,14-16H2,1-5H3/b18-12+,19-13+,20-11+. The number of hydrogen-bond acceptors (Lipinski definition) is 2. The SMILES string of the molecule is CC(C)=CCC/C(C)=C/COC/C(C)=C/CC/C(C)=C/CO. The van der Waals surface area contributed by atoms with Crippen LogP contribution in [0.2, 0.25) is 0 Å². The van der Waals surface area contributed by atoms with Crippen molar-refractivity contribution in [3.63, 3.8) is 0 Å². The maximum absolute atomic E-state index is 8.79. The van der Waals surface area contributed by atoms with Crippen LogP contribution in [0.5, 0.6) is 0 Å². The Balaban J connectivity index is 3.85. The minimum atomic E-state index is 0.136. The molecule has 0 rings (SSSR count). The highest BCUT2D eigenvalue weighted by molar-refractivity contribution is 5.05. The van der Waals surface area contributed by atoms with Gasteiger partial charge in [-0.2, -0.15) is 0 Å². The highest BCUT2D eigenvalue weighted by atomic mass is 16.5. The van der Waals surface area contributed by atoms with Gasteiger partial charge in [-0.05, 0) is 60.3 Å². The monoisotopic (exact) mass is 306 g/mol. The van der Waals surface area contributed by atoms with Crippen molar-refractivity contribution < 1.29 is 9.84 Å². The van der Waals surface area contributed by atoms with Crippen LogP contribution in [0.4, 0.5) is 0 Å². The minimum Gasteiger partial charge on any atom is -0.392 e. The normalized spacial score (nSPS) is 13.5. The number of ether oxygens (including phenoxy) is 1. The van der Waals surface area contributed by atoms with Crippen LogP contribution >= 0.6 is 0 Å². The lowest BCUT2D eigenvalue weighted by atomic mass is 10.1. The zero-order chi connectivity index (χ0) is 16.8. The molecule has 0 amide bonds. The van der Waals surface area contributed by atoms with Crippen LogP contribution in [0.15, 0.2) is 46.6 Å². The molecule has 0 bridgehead atoms. The number of aliphatic hydroxyl groups is 1. The smallest absolute Gasteiger partial charge is 0.0678 e. The Morgan fingerprint density at radius 1 is 0.773 bits per heavy atom. The Bertz CT molecular complexity index is 407. The molecule has 0 aliphatic carbocycles. The number of aliphatic hydroxyl groups excluding tert-OH is 1. The first kappa shape index (κ1) is 20.9. The van der Waals surface area contributed by atoms with Crippen molar-refractivity contribution in [2.75, 3.05) is 19.8 Å². The maximum Gasteiger partial charge on any atom is 0.0678 e. The summed E-state index contributed by atoms with van der Waals surface area (Å²) in [4.78, 5) is 0. The quantitative estimate of drug-likeness (QED) is 0.411.